The van der Waals surface area contributed by atoms with Gasteiger partial charge in [0.25, 0.3) is 0 Å². The Bertz CT molecular complexity index is 714. The largest absolute Gasteiger partial charge is 0.376 e. The van der Waals surface area contributed by atoms with E-state index in [-0.39, 0.29) is 6.10 Å². The molecule has 1 fully saturated rings. The van der Waals surface area contributed by atoms with Gasteiger partial charge in [0.15, 0.2) is 5.11 Å². The van der Waals surface area contributed by atoms with E-state index in [2.05, 4.69) is 41.4 Å². The van der Waals surface area contributed by atoms with E-state index in [0.717, 1.165) is 38.2 Å². The molecule has 132 valence electrons. The fraction of sp³-hybridized carbons (Fsp3) is 0.350. The minimum absolute atomic E-state index is 0.244. The summed E-state index contributed by atoms with van der Waals surface area (Å²) >= 11 is 11.7. The van der Waals surface area contributed by atoms with Crippen LogP contribution in [0.2, 0.25) is 5.02 Å². The second-order valence-corrected chi connectivity index (χ2v) is 7.20. The third-order valence-corrected chi connectivity index (χ3v) is 5.07. The minimum Gasteiger partial charge on any atom is -0.376 e. The van der Waals surface area contributed by atoms with Gasteiger partial charge in [-0.3, -0.25) is 0 Å². The SMILES string of the molecule is Cc1ccccc1CN(CC1CCCO1)C(=S)Nc1ccc(Cl)cc1. The molecule has 0 saturated carbocycles. The van der Waals surface area contributed by atoms with E-state index in [9.17, 15) is 0 Å². The number of rotatable bonds is 5. The van der Waals surface area contributed by atoms with Crippen molar-refractivity contribution in [3.63, 3.8) is 0 Å². The van der Waals surface area contributed by atoms with Gasteiger partial charge in [0.1, 0.15) is 0 Å². The van der Waals surface area contributed by atoms with Gasteiger partial charge in [0.2, 0.25) is 0 Å². The van der Waals surface area contributed by atoms with Crippen LogP contribution in [0.4, 0.5) is 5.69 Å². The molecule has 1 aliphatic rings. The van der Waals surface area contributed by atoms with Crippen LogP contribution in [-0.4, -0.2) is 29.3 Å². The Labute approximate surface area is 159 Å². The first-order valence-corrected chi connectivity index (χ1v) is 9.38. The van der Waals surface area contributed by atoms with Crippen molar-refractivity contribution in [1.29, 1.82) is 0 Å². The molecule has 0 aromatic heterocycles. The molecule has 1 heterocycles. The van der Waals surface area contributed by atoms with E-state index < -0.39 is 0 Å². The second kappa shape index (κ2) is 8.65. The smallest absolute Gasteiger partial charge is 0.173 e. The number of nitrogens with zero attached hydrogens (tertiary/aromatic N) is 1. The molecule has 1 atom stereocenters. The summed E-state index contributed by atoms with van der Waals surface area (Å²) < 4.78 is 5.82. The van der Waals surface area contributed by atoms with Gasteiger partial charge in [-0.2, -0.15) is 0 Å². The van der Waals surface area contributed by atoms with Gasteiger partial charge in [-0.05, 0) is 67.4 Å². The maximum atomic E-state index is 5.96. The van der Waals surface area contributed by atoms with Gasteiger partial charge in [-0.25, -0.2) is 0 Å². The van der Waals surface area contributed by atoms with Crippen molar-refractivity contribution < 1.29 is 4.74 Å². The van der Waals surface area contributed by atoms with E-state index in [1.807, 2.05) is 24.3 Å². The lowest BCUT2D eigenvalue weighted by molar-refractivity contribution is 0.0905. The van der Waals surface area contributed by atoms with Crippen LogP contribution in [0.5, 0.6) is 0 Å². The van der Waals surface area contributed by atoms with Gasteiger partial charge in [0.05, 0.1) is 6.10 Å². The molecule has 0 bridgehead atoms. The van der Waals surface area contributed by atoms with Crippen molar-refractivity contribution in [2.75, 3.05) is 18.5 Å². The highest BCUT2D eigenvalue weighted by atomic mass is 35.5. The Balaban J connectivity index is 1.73. The Hall–Kier alpha value is -1.62. The molecule has 2 aromatic carbocycles. The predicted octanol–water partition coefficient (Wildman–Crippen LogP) is 5.03. The molecule has 3 nitrogen and oxygen atoms in total. The highest BCUT2D eigenvalue weighted by molar-refractivity contribution is 7.80. The van der Waals surface area contributed by atoms with Crippen LogP contribution in [0.3, 0.4) is 0 Å². The zero-order valence-corrected chi connectivity index (χ0v) is 15.9. The number of thiocarbonyl (C=S) groups is 1. The highest BCUT2D eigenvalue weighted by Crippen LogP contribution is 2.19. The standard InChI is InChI=1S/C20H23ClN2OS/c1-15-5-2-3-6-16(15)13-23(14-19-7-4-12-24-19)20(25)22-18-10-8-17(21)9-11-18/h2-3,5-6,8-11,19H,4,7,12-14H2,1H3,(H,22,25). The summed E-state index contributed by atoms with van der Waals surface area (Å²) in [7, 11) is 0. The molecule has 1 N–H and O–H groups in total. The van der Waals surface area contributed by atoms with Gasteiger partial charge in [-0.15, -0.1) is 0 Å². The zero-order valence-electron chi connectivity index (χ0n) is 14.4. The fourth-order valence-corrected chi connectivity index (χ4v) is 3.37. The van der Waals surface area contributed by atoms with E-state index >= 15 is 0 Å². The number of halogens is 1. The highest BCUT2D eigenvalue weighted by Gasteiger charge is 2.21. The molecule has 5 heteroatoms. The Morgan fingerprint density at radius 3 is 2.68 bits per heavy atom. The number of anilines is 1. The third kappa shape index (κ3) is 5.18. The zero-order chi connectivity index (χ0) is 17.6. The molecular formula is C20H23ClN2OS. The van der Waals surface area contributed by atoms with E-state index in [1.165, 1.54) is 11.1 Å². The Morgan fingerprint density at radius 1 is 1.24 bits per heavy atom. The van der Waals surface area contributed by atoms with Crippen LogP contribution in [0.15, 0.2) is 48.5 Å². The summed E-state index contributed by atoms with van der Waals surface area (Å²) in [4.78, 5) is 2.20. The average Bonchev–Trinajstić information content (AvgIpc) is 3.11. The number of benzene rings is 2. The Kier molecular flexibility index (Phi) is 6.29. The van der Waals surface area contributed by atoms with Crippen molar-refractivity contribution in [2.24, 2.45) is 0 Å². The monoisotopic (exact) mass is 374 g/mol. The van der Waals surface area contributed by atoms with Crippen LogP contribution in [0.25, 0.3) is 0 Å². The number of hydrogen-bond donors (Lipinski definition) is 1. The predicted molar refractivity (Wildman–Crippen MR) is 108 cm³/mol. The van der Waals surface area contributed by atoms with Crippen LogP contribution in [0, 0.1) is 6.92 Å². The van der Waals surface area contributed by atoms with Crippen LogP contribution in [-0.2, 0) is 11.3 Å². The molecular weight excluding hydrogens is 352 g/mol. The minimum atomic E-state index is 0.244. The van der Waals surface area contributed by atoms with Crippen molar-refractivity contribution >= 4 is 34.6 Å². The van der Waals surface area contributed by atoms with Gasteiger partial charge < -0.3 is 15.0 Å². The first kappa shape index (κ1) is 18.2. The molecule has 0 radical (unpaired) electrons. The summed E-state index contributed by atoms with van der Waals surface area (Å²) in [6, 6.07) is 16.0. The lowest BCUT2D eigenvalue weighted by Gasteiger charge is -2.29. The topological polar surface area (TPSA) is 24.5 Å². The molecule has 2 aromatic rings. The van der Waals surface area contributed by atoms with Gasteiger partial charge in [-0.1, -0.05) is 35.9 Å². The second-order valence-electron chi connectivity index (χ2n) is 6.38. The summed E-state index contributed by atoms with van der Waals surface area (Å²) in [6.45, 7) is 4.55. The van der Waals surface area contributed by atoms with Crippen LogP contribution >= 0.6 is 23.8 Å². The van der Waals surface area contributed by atoms with Gasteiger partial charge in [0, 0.05) is 30.4 Å². The molecule has 0 spiro atoms. The molecule has 1 saturated heterocycles. The summed E-state index contributed by atoms with van der Waals surface area (Å²) in [5.74, 6) is 0. The molecule has 0 aliphatic carbocycles. The lowest BCUT2D eigenvalue weighted by Crippen LogP contribution is -2.39. The molecule has 0 amide bonds. The van der Waals surface area contributed by atoms with Crippen molar-refractivity contribution in [2.45, 2.75) is 32.4 Å². The Morgan fingerprint density at radius 2 is 2.00 bits per heavy atom. The number of nitrogens with one attached hydrogen (secondary N) is 1. The van der Waals surface area contributed by atoms with E-state index in [1.54, 1.807) is 0 Å². The fourth-order valence-electron chi connectivity index (χ4n) is 2.98. The quantitative estimate of drug-likeness (QED) is 0.742. The summed E-state index contributed by atoms with van der Waals surface area (Å²) in [6.07, 6.45) is 2.46. The summed E-state index contributed by atoms with van der Waals surface area (Å²) in [5, 5.41) is 4.75. The number of aryl methyl sites for hydroxylation is 1. The molecule has 25 heavy (non-hydrogen) atoms. The van der Waals surface area contributed by atoms with Crippen LogP contribution in [0.1, 0.15) is 24.0 Å². The number of ether oxygens (including phenoxy) is 1. The first-order valence-electron chi connectivity index (χ1n) is 8.59. The number of hydrogen-bond acceptors (Lipinski definition) is 2. The maximum absolute atomic E-state index is 5.96. The van der Waals surface area contributed by atoms with Gasteiger partial charge >= 0.3 is 0 Å². The van der Waals surface area contributed by atoms with Crippen molar-refractivity contribution in [1.82, 2.24) is 4.90 Å². The molecule has 3 rings (SSSR count). The van der Waals surface area contributed by atoms with E-state index in [0.29, 0.717) is 10.1 Å². The first-order chi connectivity index (χ1) is 12.1. The molecule has 1 aliphatic heterocycles. The molecule has 1 unspecified atom stereocenters. The van der Waals surface area contributed by atoms with Crippen LogP contribution < -0.4 is 5.32 Å². The average molecular weight is 375 g/mol. The third-order valence-electron chi connectivity index (χ3n) is 4.45. The summed E-state index contributed by atoms with van der Waals surface area (Å²) in [5.41, 5.74) is 3.49. The maximum Gasteiger partial charge on any atom is 0.173 e. The normalized spacial score (nSPS) is 16.6. The van der Waals surface area contributed by atoms with Crippen molar-refractivity contribution in [3.8, 4) is 0 Å². The van der Waals surface area contributed by atoms with E-state index in [4.69, 9.17) is 28.6 Å². The van der Waals surface area contributed by atoms with Crippen molar-refractivity contribution in [3.05, 3.63) is 64.7 Å². The lowest BCUT2D eigenvalue weighted by atomic mass is 10.1.